The zero-order chi connectivity index (χ0) is 30.3. The smallest absolute Gasteiger partial charge is 0.338 e. The summed E-state index contributed by atoms with van der Waals surface area (Å²) in [5.74, 6) is -0.332. The number of amides is 1. The predicted octanol–water partition coefficient (Wildman–Crippen LogP) is 4.10. The topological polar surface area (TPSA) is 108 Å². The maximum Gasteiger partial charge on any atom is 0.338 e. The second-order valence-corrected chi connectivity index (χ2v) is 11.0. The van der Waals surface area contributed by atoms with Crippen LogP contribution in [0.5, 0.6) is 5.75 Å². The molecule has 1 N–H and O–H groups in total. The Kier molecular flexibility index (Phi) is 9.51. The average molecular weight is 618 g/mol. The number of carbonyl (C=O) groups is 2. The molecule has 43 heavy (non-hydrogen) atoms. The van der Waals surface area contributed by atoms with Crippen LogP contribution in [0.4, 0.5) is 5.69 Å². The summed E-state index contributed by atoms with van der Waals surface area (Å²) in [7, 11) is 1.52. The molecule has 11 heteroatoms. The van der Waals surface area contributed by atoms with Gasteiger partial charge < -0.3 is 19.5 Å². The van der Waals surface area contributed by atoms with Crippen LogP contribution in [0.15, 0.2) is 99.9 Å². The SMILES string of the molecule is COCCOC(=O)C1=C(C)N=c2sc(=Cc3ccc(OCC(=O)Nc4ccccc4)cc3)c(=O)n2C1c1ccc(Cl)cc1. The first kappa shape index (κ1) is 30.0. The number of methoxy groups -OCH3 is 1. The average Bonchev–Trinajstić information content (AvgIpc) is 3.31. The second-order valence-electron chi connectivity index (χ2n) is 9.53. The van der Waals surface area contributed by atoms with Gasteiger partial charge in [0.15, 0.2) is 11.4 Å². The number of halogens is 1. The number of rotatable bonds is 10. The first-order valence-electron chi connectivity index (χ1n) is 13.4. The van der Waals surface area contributed by atoms with Crippen molar-refractivity contribution in [2.75, 3.05) is 32.2 Å². The predicted molar refractivity (Wildman–Crippen MR) is 165 cm³/mol. The van der Waals surface area contributed by atoms with E-state index in [4.69, 9.17) is 25.8 Å². The molecule has 1 aliphatic rings. The van der Waals surface area contributed by atoms with Crippen molar-refractivity contribution in [3.63, 3.8) is 0 Å². The monoisotopic (exact) mass is 617 g/mol. The molecule has 4 aromatic rings. The van der Waals surface area contributed by atoms with Crippen LogP contribution in [0.1, 0.15) is 24.1 Å². The van der Waals surface area contributed by atoms with Gasteiger partial charge >= 0.3 is 5.97 Å². The highest BCUT2D eigenvalue weighted by molar-refractivity contribution is 7.07. The molecule has 2 heterocycles. The Morgan fingerprint density at radius 3 is 2.44 bits per heavy atom. The van der Waals surface area contributed by atoms with Crippen molar-refractivity contribution in [1.82, 2.24) is 4.57 Å². The van der Waals surface area contributed by atoms with Crippen LogP contribution < -0.4 is 24.9 Å². The summed E-state index contributed by atoms with van der Waals surface area (Å²) in [4.78, 5) is 44.2. The number of allylic oxidation sites excluding steroid dienone is 1. The first-order valence-corrected chi connectivity index (χ1v) is 14.6. The third kappa shape index (κ3) is 7.11. The van der Waals surface area contributed by atoms with Crippen LogP contribution >= 0.6 is 22.9 Å². The van der Waals surface area contributed by atoms with Crippen molar-refractivity contribution in [2.45, 2.75) is 13.0 Å². The summed E-state index contributed by atoms with van der Waals surface area (Å²) in [5.41, 5.74) is 2.59. The van der Waals surface area contributed by atoms with Gasteiger partial charge in [-0.1, -0.05) is 65.4 Å². The molecule has 9 nitrogen and oxygen atoms in total. The van der Waals surface area contributed by atoms with Crippen LogP contribution in [0.2, 0.25) is 5.02 Å². The number of esters is 1. The Bertz CT molecular complexity index is 1830. The number of nitrogens with one attached hydrogen (secondary N) is 1. The molecule has 1 amide bonds. The van der Waals surface area contributed by atoms with Crippen molar-refractivity contribution < 1.29 is 23.8 Å². The standard InChI is InChI=1S/C32H28ClN3O6S/c1-20-28(31(39)41-17-16-40-2)29(22-10-12-23(33)13-11-22)36-30(38)26(43-32(36)34-20)18-21-8-14-25(15-9-21)42-19-27(37)35-24-6-4-3-5-7-24/h3-15,18,29H,16-17,19H2,1-2H3,(H,35,37). The van der Waals surface area contributed by atoms with Gasteiger partial charge in [0.25, 0.3) is 11.5 Å². The number of benzene rings is 3. The van der Waals surface area contributed by atoms with E-state index in [-0.39, 0.29) is 36.9 Å². The number of ether oxygens (including phenoxy) is 3. The van der Waals surface area contributed by atoms with E-state index in [1.165, 1.54) is 23.0 Å². The number of fused-ring (bicyclic) bond motifs is 1. The van der Waals surface area contributed by atoms with E-state index in [2.05, 4.69) is 10.3 Å². The number of anilines is 1. The van der Waals surface area contributed by atoms with Crippen LogP contribution in [0.25, 0.3) is 6.08 Å². The lowest BCUT2D eigenvalue weighted by Gasteiger charge is -2.24. The van der Waals surface area contributed by atoms with E-state index in [9.17, 15) is 14.4 Å². The van der Waals surface area contributed by atoms with Gasteiger partial charge in [0.2, 0.25) is 0 Å². The molecule has 0 radical (unpaired) electrons. The van der Waals surface area contributed by atoms with E-state index in [0.29, 0.717) is 37.1 Å². The van der Waals surface area contributed by atoms with Crippen LogP contribution in [0, 0.1) is 0 Å². The van der Waals surface area contributed by atoms with E-state index >= 15 is 0 Å². The molecular weight excluding hydrogens is 590 g/mol. The highest BCUT2D eigenvalue weighted by Crippen LogP contribution is 2.31. The largest absolute Gasteiger partial charge is 0.484 e. The number of hydrogen-bond donors (Lipinski definition) is 1. The van der Waals surface area contributed by atoms with E-state index in [1.54, 1.807) is 73.7 Å². The quantitative estimate of drug-likeness (QED) is 0.212. The summed E-state index contributed by atoms with van der Waals surface area (Å²) < 4.78 is 18.0. The van der Waals surface area contributed by atoms with E-state index < -0.39 is 12.0 Å². The van der Waals surface area contributed by atoms with E-state index in [1.807, 2.05) is 18.2 Å². The maximum atomic E-state index is 13.8. The molecule has 220 valence electrons. The minimum atomic E-state index is -0.747. The highest BCUT2D eigenvalue weighted by atomic mass is 35.5. The molecule has 1 atom stereocenters. The summed E-state index contributed by atoms with van der Waals surface area (Å²) in [6, 6.07) is 22.4. The number of thiazole rings is 1. The number of aromatic nitrogens is 1. The van der Waals surface area contributed by atoms with Gasteiger partial charge in [-0.05, 0) is 60.5 Å². The summed E-state index contributed by atoms with van der Waals surface area (Å²) >= 11 is 7.36. The van der Waals surface area contributed by atoms with Crippen molar-refractivity contribution in [2.24, 2.45) is 4.99 Å². The minimum absolute atomic E-state index is 0.0707. The van der Waals surface area contributed by atoms with Gasteiger partial charge in [-0.25, -0.2) is 9.79 Å². The highest BCUT2D eigenvalue weighted by Gasteiger charge is 2.33. The zero-order valence-corrected chi connectivity index (χ0v) is 25.0. The molecule has 0 saturated carbocycles. The lowest BCUT2D eigenvalue weighted by Crippen LogP contribution is -2.40. The minimum Gasteiger partial charge on any atom is -0.484 e. The molecule has 0 bridgehead atoms. The molecular formula is C32H28ClN3O6S. The first-order chi connectivity index (χ1) is 20.8. The van der Waals surface area contributed by atoms with Crippen molar-refractivity contribution in [3.8, 4) is 5.75 Å². The molecule has 3 aromatic carbocycles. The maximum absolute atomic E-state index is 13.8. The molecule has 0 saturated heterocycles. The Morgan fingerprint density at radius 2 is 1.74 bits per heavy atom. The summed E-state index contributed by atoms with van der Waals surface area (Å²) in [5, 5.41) is 3.30. The summed E-state index contributed by atoms with van der Waals surface area (Å²) in [6.07, 6.45) is 1.75. The molecule has 1 unspecified atom stereocenters. The third-order valence-corrected chi connectivity index (χ3v) is 7.79. The fraction of sp³-hybridized carbons (Fsp3) is 0.188. The lowest BCUT2D eigenvalue weighted by atomic mass is 9.96. The Labute approximate surface area is 256 Å². The second kappa shape index (κ2) is 13.6. The number of carbonyl (C=O) groups excluding carboxylic acids is 2. The molecule has 0 fully saturated rings. The van der Waals surface area contributed by atoms with Gasteiger partial charge in [-0.15, -0.1) is 0 Å². The van der Waals surface area contributed by atoms with Gasteiger partial charge in [0, 0.05) is 17.8 Å². The Morgan fingerprint density at radius 1 is 1.02 bits per heavy atom. The summed E-state index contributed by atoms with van der Waals surface area (Å²) in [6.45, 7) is 1.90. The fourth-order valence-electron chi connectivity index (χ4n) is 4.52. The lowest BCUT2D eigenvalue weighted by molar-refractivity contribution is -0.140. The van der Waals surface area contributed by atoms with Crippen molar-refractivity contribution in [1.29, 1.82) is 0 Å². The number of hydrogen-bond acceptors (Lipinski definition) is 8. The van der Waals surface area contributed by atoms with Gasteiger partial charge in [-0.2, -0.15) is 0 Å². The van der Waals surface area contributed by atoms with Crippen LogP contribution in [0.3, 0.4) is 0 Å². The van der Waals surface area contributed by atoms with Crippen molar-refractivity contribution in [3.05, 3.63) is 126 Å². The van der Waals surface area contributed by atoms with Crippen LogP contribution in [-0.2, 0) is 19.1 Å². The van der Waals surface area contributed by atoms with Gasteiger partial charge in [0.1, 0.15) is 12.4 Å². The molecule has 1 aliphatic heterocycles. The number of nitrogens with zero attached hydrogens (tertiary/aromatic N) is 2. The molecule has 0 spiro atoms. The Hall–Kier alpha value is -4.51. The Balaban J connectivity index is 1.40. The molecule has 1 aromatic heterocycles. The normalized spacial score (nSPS) is 14.6. The van der Waals surface area contributed by atoms with Gasteiger partial charge in [-0.3, -0.25) is 14.2 Å². The third-order valence-electron chi connectivity index (χ3n) is 6.55. The molecule has 0 aliphatic carbocycles. The van der Waals surface area contributed by atoms with Gasteiger partial charge in [0.05, 0.1) is 28.5 Å². The fourth-order valence-corrected chi connectivity index (χ4v) is 5.69. The van der Waals surface area contributed by atoms with E-state index in [0.717, 1.165) is 5.56 Å². The van der Waals surface area contributed by atoms with Crippen molar-refractivity contribution >= 4 is 46.6 Å². The zero-order valence-electron chi connectivity index (χ0n) is 23.4. The molecule has 5 rings (SSSR count). The number of para-hydroxylation sites is 1. The van der Waals surface area contributed by atoms with Crippen LogP contribution in [-0.4, -0.2) is 43.4 Å².